The minimum atomic E-state index is -0.258. The molecule has 0 spiro atoms. The van der Waals surface area contributed by atoms with Crippen LogP contribution in [0.3, 0.4) is 0 Å². The summed E-state index contributed by atoms with van der Waals surface area (Å²) >= 11 is 0. The topological polar surface area (TPSA) is 20.3 Å². The number of nitrogens with zero attached hydrogens (tertiary/aromatic N) is 2. The summed E-state index contributed by atoms with van der Waals surface area (Å²) in [5, 5.41) is 1.94. The lowest BCUT2D eigenvalue weighted by molar-refractivity contribution is -0.660. The van der Waals surface area contributed by atoms with E-state index in [9.17, 15) is 0 Å². The summed E-state index contributed by atoms with van der Waals surface area (Å²) in [5.74, 6) is -0.258. The van der Waals surface area contributed by atoms with Gasteiger partial charge in [0, 0.05) is 42.2 Å². The normalized spacial score (nSPS) is 13.3. The number of pyridine rings is 1. The SMILES string of the molecule is Cc1ccc2c(oc3c(-c4ccc5c(c4)CCN5C)c(F)ccc32)c1-c1cccc[n+]1C. The molecule has 1 aliphatic heterocycles. The van der Waals surface area contributed by atoms with Gasteiger partial charge in [0.15, 0.2) is 6.20 Å². The van der Waals surface area contributed by atoms with Crippen molar-refractivity contribution < 1.29 is 13.4 Å². The van der Waals surface area contributed by atoms with Crippen molar-refractivity contribution in [2.75, 3.05) is 18.5 Å². The predicted octanol–water partition coefficient (Wildman–Crippen LogP) is 6.18. The van der Waals surface area contributed by atoms with Crippen molar-refractivity contribution in [3.05, 3.63) is 83.8 Å². The molecule has 0 saturated heterocycles. The zero-order chi connectivity index (χ0) is 22.0. The molecule has 32 heavy (non-hydrogen) atoms. The van der Waals surface area contributed by atoms with Crippen molar-refractivity contribution in [3.63, 3.8) is 0 Å². The van der Waals surface area contributed by atoms with Crippen LogP contribution >= 0.6 is 0 Å². The zero-order valence-corrected chi connectivity index (χ0v) is 18.4. The van der Waals surface area contributed by atoms with Gasteiger partial charge in [-0.3, -0.25) is 0 Å². The van der Waals surface area contributed by atoms with E-state index in [1.807, 2.05) is 37.5 Å². The quantitative estimate of drug-likeness (QED) is 0.316. The van der Waals surface area contributed by atoms with Crippen molar-refractivity contribution in [2.24, 2.45) is 7.05 Å². The molecule has 0 unspecified atom stereocenters. The summed E-state index contributed by atoms with van der Waals surface area (Å²) in [7, 11) is 4.13. The molecule has 4 heteroatoms. The molecule has 6 rings (SSSR count). The van der Waals surface area contributed by atoms with E-state index in [1.165, 1.54) is 11.3 Å². The number of anilines is 1. The maximum Gasteiger partial charge on any atom is 0.216 e. The Labute approximate surface area is 186 Å². The van der Waals surface area contributed by atoms with Crippen molar-refractivity contribution in [3.8, 4) is 22.4 Å². The number of furan rings is 1. The molecule has 0 amide bonds. The van der Waals surface area contributed by atoms with Crippen LogP contribution in [0.2, 0.25) is 0 Å². The predicted molar refractivity (Wildman–Crippen MR) is 127 cm³/mol. The van der Waals surface area contributed by atoms with Crippen LogP contribution in [0.4, 0.5) is 10.1 Å². The van der Waals surface area contributed by atoms with Gasteiger partial charge in [-0.15, -0.1) is 0 Å². The van der Waals surface area contributed by atoms with E-state index in [1.54, 1.807) is 6.07 Å². The summed E-state index contributed by atoms with van der Waals surface area (Å²) in [4.78, 5) is 2.24. The average molecular weight is 424 g/mol. The number of hydrogen-bond donors (Lipinski definition) is 0. The third-order valence-electron chi connectivity index (χ3n) is 6.77. The van der Waals surface area contributed by atoms with Gasteiger partial charge < -0.3 is 9.32 Å². The molecular weight excluding hydrogens is 399 g/mol. The molecule has 3 aromatic carbocycles. The monoisotopic (exact) mass is 423 g/mol. The Hall–Kier alpha value is -3.66. The van der Waals surface area contributed by atoms with Gasteiger partial charge in [0.1, 0.15) is 24.0 Å². The molecule has 3 heterocycles. The van der Waals surface area contributed by atoms with Crippen LogP contribution in [0, 0.1) is 12.7 Å². The van der Waals surface area contributed by atoms with E-state index in [-0.39, 0.29) is 5.82 Å². The van der Waals surface area contributed by atoms with Crippen LogP contribution in [-0.4, -0.2) is 13.6 Å². The number of aromatic nitrogens is 1. The highest BCUT2D eigenvalue weighted by molar-refractivity contribution is 6.13. The number of hydrogen-bond acceptors (Lipinski definition) is 2. The van der Waals surface area contributed by atoms with E-state index in [4.69, 9.17) is 4.42 Å². The standard InChI is InChI=1S/C28H24FN2O/c1-17-7-9-20-21-10-11-22(29)26(19-8-12-23-18(16-19)13-15-31(23)3)28(21)32-27(20)25(17)24-6-4-5-14-30(24)2/h4-12,14,16H,13,15H2,1-3H3/q+1. The van der Waals surface area contributed by atoms with Crippen LogP contribution in [0.5, 0.6) is 0 Å². The highest BCUT2D eigenvalue weighted by atomic mass is 19.1. The number of rotatable bonds is 2. The number of aryl methyl sites for hydroxylation is 2. The fourth-order valence-electron chi connectivity index (χ4n) is 5.07. The van der Waals surface area contributed by atoms with Gasteiger partial charge in [-0.05, 0) is 60.4 Å². The summed E-state index contributed by atoms with van der Waals surface area (Å²) in [6.07, 6.45) is 3.01. The van der Waals surface area contributed by atoms with Crippen LogP contribution in [0.15, 0.2) is 71.3 Å². The Balaban J connectivity index is 1.66. The molecule has 3 nitrogen and oxygen atoms in total. The number of halogens is 1. The van der Waals surface area contributed by atoms with Gasteiger partial charge in [-0.1, -0.05) is 18.2 Å². The van der Waals surface area contributed by atoms with Crippen LogP contribution in [-0.2, 0) is 13.5 Å². The van der Waals surface area contributed by atoms with Crippen molar-refractivity contribution in [1.29, 1.82) is 0 Å². The van der Waals surface area contributed by atoms with E-state index >= 15 is 4.39 Å². The van der Waals surface area contributed by atoms with Crippen molar-refractivity contribution >= 4 is 27.6 Å². The summed E-state index contributed by atoms with van der Waals surface area (Å²) in [6.45, 7) is 3.08. The molecule has 0 radical (unpaired) electrons. The van der Waals surface area contributed by atoms with Crippen LogP contribution in [0.1, 0.15) is 11.1 Å². The third-order valence-corrected chi connectivity index (χ3v) is 6.77. The lowest BCUT2D eigenvalue weighted by atomic mass is 9.97. The van der Waals surface area contributed by atoms with E-state index in [2.05, 4.69) is 53.8 Å². The molecule has 0 aliphatic carbocycles. The molecule has 0 atom stereocenters. The Morgan fingerprint density at radius 1 is 0.938 bits per heavy atom. The molecule has 0 fully saturated rings. The third kappa shape index (κ3) is 2.69. The summed E-state index contributed by atoms with van der Waals surface area (Å²) < 4.78 is 23.9. The van der Waals surface area contributed by atoms with Gasteiger partial charge in [-0.2, -0.15) is 0 Å². The average Bonchev–Trinajstić information content (AvgIpc) is 3.34. The van der Waals surface area contributed by atoms with Gasteiger partial charge in [-0.25, -0.2) is 8.96 Å². The maximum atomic E-state index is 15.3. The molecule has 0 saturated carbocycles. The Kier molecular flexibility index (Phi) is 4.12. The molecule has 5 aromatic rings. The number of fused-ring (bicyclic) bond motifs is 4. The largest absolute Gasteiger partial charge is 0.454 e. The highest BCUT2D eigenvalue weighted by Crippen LogP contribution is 2.42. The first-order valence-electron chi connectivity index (χ1n) is 11.0. The molecule has 1 aliphatic rings. The second-order valence-corrected chi connectivity index (χ2v) is 8.75. The Morgan fingerprint density at radius 3 is 2.53 bits per heavy atom. The molecule has 158 valence electrons. The molecular formula is C28H24FN2O+. The lowest BCUT2D eigenvalue weighted by Crippen LogP contribution is -2.30. The van der Waals surface area contributed by atoms with E-state index in [0.717, 1.165) is 51.7 Å². The van der Waals surface area contributed by atoms with E-state index in [0.29, 0.717) is 11.1 Å². The van der Waals surface area contributed by atoms with Crippen molar-refractivity contribution in [2.45, 2.75) is 13.3 Å². The van der Waals surface area contributed by atoms with Crippen LogP contribution < -0.4 is 9.47 Å². The van der Waals surface area contributed by atoms with Crippen LogP contribution in [0.25, 0.3) is 44.3 Å². The fourth-order valence-corrected chi connectivity index (χ4v) is 5.07. The summed E-state index contributed by atoms with van der Waals surface area (Å²) in [6, 6.07) is 20.0. The second kappa shape index (κ2) is 6.92. The van der Waals surface area contributed by atoms with Gasteiger partial charge in [0.2, 0.25) is 5.69 Å². The van der Waals surface area contributed by atoms with E-state index < -0.39 is 0 Å². The lowest BCUT2D eigenvalue weighted by Gasteiger charge is -2.12. The van der Waals surface area contributed by atoms with Gasteiger partial charge in [0.05, 0.1) is 11.1 Å². The number of likely N-dealkylation sites (N-methyl/N-ethyl adjacent to an activating group) is 1. The zero-order valence-electron chi connectivity index (χ0n) is 18.4. The maximum absolute atomic E-state index is 15.3. The second-order valence-electron chi connectivity index (χ2n) is 8.75. The van der Waals surface area contributed by atoms with Crippen molar-refractivity contribution in [1.82, 2.24) is 0 Å². The molecule has 2 aromatic heterocycles. The molecule has 0 bridgehead atoms. The fraction of sp³-hybridized carbons (Fsp3) is 0.179. The summed E-state index contributed by atoms with van der Waals surface area (Å²) in [5.41, 5.74) is 8.53. The highest BCUT2D eigenvalue weighted by Gasteiger charge is 2.24. The Morgan fingerprint density at radius 2 is 1.72 bits per heavy atom. The Bertz CT molecular complexity index is 1530. The molecule has 0 N–H and O–H groups in total. The van der Waals surface area contributed by atoms with Gasteiger partial charge in [0.25, 0.3) is 0 Å². The minimum absolute atomic E-state index is 0.258. The smallest absolute Gasteiger partial charge is 0.216 e. The first-order valence-corrected chi connectivity index (χ1v) is 11.0. The minimum Gasteiger partial charge on any atom is -0.454 e. The first kappa shape index (κ1) is 19.1. The van der Waals surface area contributed by atoms with Gasteiger partial charge >= 0.3 is 0 Å². The first-order chi connectivity index (χ1) is 15.5. The number of benzene rings is 3.